The van der Waals surface area contributed by atoms with Gasteiger partial charge in [-0.25, -0.2) is 14.2 Å². The van der Waals surface area contributed by atoms with E-state index in [4.69, 9.17) is 4.74 Å². The molecule has 1 amide bonds. The molecule has 2 aliphatic rings. The molecule has 0 spiro atoms. The van der Waals surface area contributed by atoms with E-state index in [0.29, 0.717) is 22.0 Å². The fourth-order valence-corrected chi connectivity index (χ4v) is 5.05. The molecule has 1 N–H and O–H groups in total. The molecule has 0 unspecified atom stereocenters. The third kappa shape index (κ3) is 4.77. The van der Waals surface area contributed by atoms with Gasteiger partial charge < -0.3 is 15.0 Å². The Kier molecular flexibility index (Phi) is 7.17. The van der Waals surface area contributed by atoms with Crippen molar-refractivity contribution in [2.45, 2.75) is 39.8 Å². The number of halogens is 1. The van der Waals surface area contributed by atoms with Gasteiger partial charge in [-0.15, -0.1) is 0 Å². The first-order chi connectivity index (χ1) is 16.4. The fraction of sp³-hybridized carbons (Fsp3) is 0.269. The lowest BCUT2D eigenvalue weighted by Crippen LogP contribution is -2.38. The maximum atomic E-state index is 13.9. The third-order valence-electron chi connectivity index (χ3n) is 5.75. The van der Waals surface area contributed by atoms with E-state index < -0.39 is 12.0 Å². The zero-order valence-electron chi connectivity index (χ0n) is 19.3. The van der Waals surface area contributed by atoms with Gasteiger partial charge in [0, 0.05) is 17.8 Å². The molecule has 1 atom stereocenters. The van der Waals surface area contributed by atoms with Gasteiger partial charge in [0.15, 0.2) is 5.17 Å². The first kappa shape index (κ1) is 23.8. The number of carbonyl (C=O) groups excluding carboxylic acids is 2. The van der Waals surface area contributed by atoms with Crippen LogP contribution in [0.4, 0.5) is 4.39 Å². The molecule has 2 heterocycles. The van der Waals surface area contributed by atoms with E-state index in [1.165, 1.54) is 17.8 Å². The maximum absolute atomic E-state index is 13.9. The van der Waals surface area contributed by atoms with Crippen LogP contribution in [-0.2, 0) is 20.9 Å². The van der Waals surface area contributed by atoms with Crippen molar-refractivity contribution in [2.24, 2.45) is 4.99 Å². The summed E-state index contributed by atoms with van der Waals surface area (Å²) >= 11 is 1.42. The van der Waals surface area contributed by atoms with Crippen LogP contribution in [-0.4, -0.2) is 28.6 Å². The predicted octanol–water partition coefficient (Wildman–Crippen LogP) is 4.98. The summed E-state index contributed by atoms with van der Waals surface area (Å²) in [6, 6.07) is 13.7. The van der Waals surface area contributed by atoms with Crippen molar-refractivity contribution < 1.29 is 18.7 Å². The molecule has 8 heteroatoms. The molecule has 0 saturated heterocycles. The molecule has 0 radical (unpaired) electrons. The number of hydrogen-bond acceptors (Lipinski definition) is 6. The Balaban J connectivity index is 1.62. The number of fused-ring (bicyclic) bond motifs is 1. The molecule has 34 heavy (non-hydrogen) atoms. The van der Waals surface area contributed by atoms with Crippen LogP contribution in [0.3, 0.4) is 0 Å². The summed E-state index contributed by atoms with van der Waals surface area (Å²) in [6.07, 6.45) is 0.0675. The quantitative estimate of drug-likeness (QED) is 0.568. The summed E-state index contributed by atoms with van der Waals surface area (Å²) in [5.41, 5.74) is 4.16. The summed E-state index contributed by atoms with van der Waals surface area (Å²) in [7, 11) is 0. The van der Waals surface area contributed by atoms with E-state index in [9.17, 15) is 14.0 Å². The van der Waals surface area contributed by atoms with Crippen LogP contribution in [0.5, 0.6) is 0 Å². The van der Waals surface area contributed by atoms with Crippen LogP contribution < -0.4 is 5.32 Å². The maximum Gasteiger partial charge on any atom is 0.338 e. The van der Waals surface area contributed by atoms with Gasteiger partial charge in [-0.2, -0.15) is 0 Å². The molecule has 2 aliphatic heterocycles. The Morgan fingerprint density at radius 3 is 2.62 bits per heavy atom. The number of benzene rings is 2. The smallest absolute Gasteiger partial charge is 0.338 e. The number of aliphatic imine (C=N–C) groups is 1. The van der Waals surface area contributed by atoms with Gasteiger partial charge in [0.2, 0.25) is 5.91 Å². The van der Waals surface area contributed by atoms with E-state index >= 15 is 0 Å². The molecule has 0 fully saturated rings. The first-order valence-electron chi connectivity index (χ1n) is 11.1. The molecule has 176 valence electrons. The molecule has 6 nitrogen and oxygen atoms in total. The molecule has 4 rings (SSSR count). The number of carbonyl (C=O) groups is 2. The zero-order valence-corrected chi connectivity index (χ0v) is 20.1. The Bertz CT molecular complexity index is 1220. The second-order valence-electron chi connectivity index (χ2n) is 8.02. The number of aryl methyl sites for hydroxylation is 1. The van der Waals surface area contributed by atoms with Crippen molar-refractivity contribution in [1.82, 2.24) is 10.2 Å². The van der Waals surface area contributed by atoms with Gasteiger partial charge in [0.05, 0.1) is 30.3 Å². The molecule has 0 bridgehead atoms. The fourth-order valence-electron chi connectivity index (χ4n) is 4.09. The highest BCUT2D eigenvalue weighted by molar-refractivity contribution is 8.16. The molecule has 0 aliphatic carbocycles. The van der Waals surface area contributed by atoms with Crippen LogP contribution in [0.15, 0.2) is 75.9 Å². The van der Waals surface area contributed by atoms with Crippen molar-refractivity contribution in [3.63, 3.8) is 0 Å². The number of ether oxygens (including phenoxy) is 1. The molecular formula is C26H26FN3O3S. The minimum absolute atomic E-state index is 0.0675. The number of rotatable bonds is 7. The number of thioether (sulfide) groups is 1. The first-order valence-corrected chi connectivity index (χ1v) is 12.0. The number of allylic oxidation sites excluding steroid dienone is 1. The van der Waals surface area contributed by atoms with E-state index in [-0.39, 0.29) is 31.3 Å². The second-order valence-corrected chi connectivity index (χ2v) is 8.85. The Hall–Kier alpha value is -3.39. The molecule has 0 saturated carbocycles. The largest absolute Gasteiger partial charge is 0.463 e. The van der Waals surface area contributed by atoms with Crippen molar-refractivity contribution in [3.05, 3.63) is 93.4 Å². The highest BCUT2D eigenvalue weighted by Gasteiger charge is 2.41. The second kappa shape index (κ2) is 10.3. The Labute approximate surface area is 202 Å². The summed E-state index contributed by atoms with van der Waals surface area (Å²) in [4.78, 5) is 32.4. The molecular weight excluding hydrogens is 453 g/mol. The number of hydrogen-bond donors (Lipinski definition) is 1. The van der Waals surface area contributed by atoms with Crippen LogP contribution in [0.25, 0.3) is 0 Å². The van der Waals surface area contributed by atoms with Crippen LogP contribution in [0.2, 0.25) is 0 Å². The average molecular weight is 480 g/mol. The number of esters is 1. The highest BCUT2D eigenvalue weighted by Crippen LogP contribution is 2.45. The molecule has 2 aromatic carbocycles. The lowest BCUT2D eigenvalue weighted by atomic mass is 9.91. The molecule has 2 aromatic rings. The van der Waals surface area contributed by atoms with Crippen LogP contribution in [0.1, 0.15) is 43.0 Å². The minimum atomic E-state index is -0.464. The summed E-state index contributed by atoms with van der Waals surface area (Å²) in [6.45, 7) is 5.92. The minimum Gasteiger partial charge on any atom is -0.463 e. The standard InChI is InChI=1S/C26H26FN3O3S/c1-4-33-25(32)23-17(3)29-26-30(24(23)20-11-7-5-9-16(20)2)19(15-34-26)13-22(31)28-14-18-10-6-8-12-21(18)27/h5-12,15,24H,4,13-14H2,1-3H3,(H,28,31)/t24-/m0/s1. The molecule has 0 aromatic heterocycles. The highest BCUT2D eigenvalue weighted by atomic mass is 32.2. The number of amides is 1. The van der Waals surface area contributed by atoms with E-state index in [2.05, 4.69) is 10.3 Å². The topological polar surface area (TPSA) is 71.0 Å². The third-order valence-corrected chi connectivity index (χ3v) is 6.64. The van der Waals surface area contributed by atoms with Crippen molar-refractivity contribution >= 4 is 28.8 Å². The van der Waals surface area contributed by atoms with Crippen molar-refractivity contribution in [3.8, 4) is 0 Å². The van der Waals surface area contributed by atoms with Crippen molar-refractivity contribution in [2.75, 3.05) is 6.61 Å². The number of nitrogens with zero attached hydrogens (tertiary/aromatic N) is 2. The monoisotopic (exact) mass is 479 g/mol. The van der Waals surface area contributed by atoms with Gasteiger partial charge in [-0.05, 0) is 43.4 Å². The van der Waals surface area contributed by atoms with E-state index in [1.807, 2.05) is 48.4 Å². The Morgan fingerprint density at radius 2 is 1.88 bits per heavy atom. The normalized spacial score (nSPS) is 17.2. The van der Waals surface area contributed by atoms with Gasteiger partial charge in [-0.3, -0.25) is 4.79 Å². The van der Waals surface area contributed by atoms with Gasteiger partial charge in [0.25, 0.3) is 0 Å². The lowest BCUT2D eigenvalue weighted by Gasteiger charge is -2.37. The van der Waals surface area contributed by atoms with Gasteiger partial charge in [0.1, 0.15) is 5.82 Å². The van der Waals surface area contributed by atoms with Gasteiger partial charge in [-0.1, -0.05) is 54.2 Å². The van der Waals surface area contributed by atoms with Crippen LogP contribution in [0, 0.1) is 12.7 Å². The SMILES string of the molecule is CCOC(=O)C1=C(C)N=C2SC=C(CC(=O)NCc3ccccc3F)N2[C@H]1c1ccccc1C. The average Bonchev–Trinajstić information content (AvgIpc) is 3.20. The lowest BCUT2D eigenvalue weighted by molar-refractivity contribution is -0.139. The van der Waals surface area contributed by atoms with E-state index in [0.717, 1.165) is 16.8 Å². The van der Waals surface area contributed by atoms with Gasteiger partial charge >= 0.3 is 5.97 Å². The number of amidine groups is 1. The van der Waals surface area contributed by atoms with E-state index in [1.54, 1.807) is 25.1 Å². The number of nitrogens with one attached hydrogen (secondary N) is 1. The van der Waals surface area contributed by atoms with Crippen LogP contribution >= 0.6 is 11.8 Å². The zero-order chi connectivity index (χ0) is 24.2. The Morgan fingerprint density at radius 1 is 1.15 bits per heavy atom. The van der Waals surface area contributed by atoms with Crippen molar-refractivity contribution in [1.29, 1.82) is 0 Å². The summed E-state index contributed by atoms with van der Waals surface area (Å²) in [5.74, 6) is -1.02. The predicted molar refractivity (Wildman–Crippen MR) is 131 cm³/mol. The summed E-state index contributed by atoms with van der Waals surface area (Å²) in [5, 5.41) is 5.38. The summed E-state index contributed by atoms with van der Waals surface area (Å²) < 4.78 is 19.3.